The number of aromatic nitrogens is 1. The van der Waals surface area contributed by atoms with E-state index in [1.807, 2.05) is 39.0 Å². The first-order chi connectivity index (χ1) is 9.88. The summed E-state index contributed by atoms with van der Waals surface area (Å²) in [5.41, 5.74) is 0.496. The molecule has 2 amide bonds. The standard InChI is InChI=1S/C16H20N2O3/c1-16(2,3)13-8-10(17-21-13)9-18-14(19)11-6-4-5-7-12(11)15(18)20/h4-5,8,11-12H,6-7,9H2,1-3H3/t11-,12-/m1/s1. The summed E-state index contributed by atoms with van der Waals surface area (Å²) in [6, 6.07) is 1.83. The number of hydrogen-bond donors (Lipinski definition) is 0. The Morgan fingerprint density at radius 3 is 2.24 bits per heavy atom. The van der Waals surface area contributed by atoms with Gasteiger partial charge in [0.25, 0.3) is 0 Å². The molecule has 0 bridgehead atoms. The number of hydrogen-bond acceptors (Lipinski definition) is 4. The maximum Gasteiger partial charge on any atom is 0.233 e. The molecule has 0 aromatic carbocycles. The van der Waals surface area contributed by atoms with Gasteiger partial charge in [-0.05, 0) is 12.8 Å². The van der Waals surface area contributed by atoms with E-state index in [1.54, 1.807) is 0 Å². The molecule has 0 N–H and O–H groups in total. The van der Waals surface area contributed by atoms with Crippen molar-refractivity contribution in [3.63, 3.8) is 0 Å². The lowest BCUT2D eigenvalue weighted by Crippen LogP contribution is -2.30. The van der Waals surface area contributed by atoms with Crippen LogP contribution in [-0.4, -0.2) is 21.9 Å². The number of carbonyl (C=O) groups excluding carboxylic acids is 2. The van der Waals surface area contributed by atoms with Gasteiger partial charge in [0.05, 0.1) is 18.4 Å². The van der Waals surface area contributed by atoms with Crippen molar-refractivity contribution in [2.75, 3.05) is 0 Å². The highest BCUT2D eigenvalue weighted by atomic mass is 16.5. The highest BCUT2D eigenvalue weighted by molar-refractivity contribution is 6.05. The molecule has 0 spiro atoms. The van der Waals surface area contributed by atoms with Gasteiger partial charge in [0.1, 0.15) is 11.5 Å². The van der Waals surface area contributed by atoms with Crippen molar-refractivity contribution < 1.29 is 14.1 Å². The Labute approximate surface area is 124 Å². The minimum atomic E-state index is -0.184. The van der Waals surface area contributed by atoms with Gasteiger partial charge in [0, 0.05) is 11.5 Å². The fourth-order valence-electron chi connectivity index (χ4n) is 2.93. The summed E-state index contributed by atoms with van der Waals surface area (Å²) >= 11 is 0. The van der Waals surface area contributed by atoms with Crippen molar-refractivity contribution in [2.24, 2.45) is 11.8 Å². The largest absolute Gasteiger partial charge is 0.361 e. The zero-order valence-electron chi connectivity index (χ0n) is 12.6. The molecule has 2 atom stereocenters. The molecule has 1 aromatic rings. The SMILES string of the molecule is CC(C)(C)c1cc(CN2C(=O)[C@@H]3CC=CC[C@H]3C2=O)no1. The van der Waals surface area contributed by atoms with Crippen LogP contribution in [0.3, 0.4) is 0 Å². The minimum absolute atomic E-state index is 0.0744. The van der Waals surface area contributed by atoms with E-state index in [4.69, 9.17) is 4.52 Å². The third-order valence-electron chi connectivity index (χ3n) is 4.22. The fraction of sp³-hybridized carbons (Fsp3) is 0.562. The Balaban J connectivity index is 1.78. The van der Waals surface area contributed by atoms with Crippen molar-refractivity contribution in [2.45, 2.75) is 45.6 Å². The lowest BCUT2D eigenvalue weighted by molar-refractivity contribution is -0.140. The van der Waals surface area contributed by atoms with Crippen LogP contribution < -0.4 is 0 Å². The number of rotatable bonds is 2. The molecule has 1 aromatic heterocycles. The Morgan fingerprint density at radius 1 is 1.19 bits per heavy atom. The lowest BCUT2D eigenvalue weighted by atomic mass is 9.85. The smallest absolute Gasteiger partial charge is 0.233 e. The van der Waals surface area contributed by atoms with Crippen LogP contribution in [0.15, 0.2) is 22.7 Å². The van der Waals surface area contributed by atoms with Gasteiger partial charge in [-0.25, -0.2) is 0 Å². The Kier molecular flexibility index (Phi) is 3.23. The molecule has 1 saturated heterocycles. The molecule has 1 aliphatic carbocycles. The van der Waals surface area contributed by atoms with Gasteiger partial charge in [-0.1, -0.05) is 38.1 Å². The van der Waals surface area contributed by atoms with Crippen molar-refractivity contribution >= 4 is 11.8 Å². The average Bonchev–Trinajstić information content (AvgIpc) is 2.99. The maximum absolute atomic E-state index is 12.4. The van der Waals surface area contributed by atoms with Gasteiger partial charge in [0.15, 0.2) is 0 Å². The van der Waals surface area contributed by atoms with E-state index in [0.29, 0.717) is 18.5 Å². The van der Waals surface area contributed by atoms with Gasteiger partial charge in [0.2, 0.25) is 11.8 Å². The first-order valence-corrected chi connectivity index (χ1v) is 7.34. The summed E-state index contributed by atoms with van der Waals surface area (Å²) in [7, 11) is 0. The summed E-state index contributed by atoms with van der Waals surface area (Å²) in [6.07, 6.45) is 5.31. The summed E-state index contributed by atoms with van der Waals surface area (Å²) in [5.74, 6) is 0.243. The molecule has 5 heteroatoms. The van der Waals surface area contributed by atoms with Gasteiger partial charge in [-0.15, -0.1) is 0 Å². The van der Waals surface area contributed by atoms with Crippen LogP contribution in [0, 0.1) is 11.8 Å². The van der Waals surface area contributed by atoms with Crippen LogP contribution in [0.5, 0.6) is 0 Å². The molecule has 112 valence electrons. The van der Waals surface area contributed by atoms with Crippen molar-refractivity contribution in [1.29, 1.82) is 0 Å². The second-order valence-corrected chi connectivity index (χ2v) is 6.85. The summed E-state index contributed by atoms with van der Waals surface area (Å²) in [6.45, 7) is 6.31. The van der Waals surface area contributed by atoms with E-state index in [-0.39, 0.29) is 35.6 Å². The Morgan fingerprint density at radius 2 is 1.76 bits per heavy atom. The molecular weight excluding hydrogens is 268 g/mol. The van der Waals surface area contributed by atoms with Crippen LogP contribution in [0.2, 0.25) is 0 Å². The molecule has 2 heterocycles. The van der Waals surface area contributed by atoms with E-state index in [1.165, 1.54) is 4.90 Å². The van der Waals surface area contributed by atoms with E-state index >= 15 is 0 Å². The zero-order valence-corrected chi connectivity index (χ0v) is 12.6. The number of carbonyl (C=O) groups is 2. The highest BCUT2D eigenvalue weighted by Gasteiger charge is 2.47. The molecule has 3 rings (SSSR count). The third-order valence-corrected chi connectivity index (χ3v) is 4.22. The number of amides is 2. The molecule has 2 aliphatic rings. The summed E-state index contributed by atoms with van der Waals surface area (Å²) in [4.78, 5) is 26.1. The topological polar surface area (TPSA) is 63.4 Å². The summed E-state index contributed by atoms with van der Waals surface area (Å²) in [5, 5.41) is 4.00. The van der Waals surface area contributed by atoms with Crippen LogP contribution >= 0.6 is 0 Å². The summed E-state index contributed by atoms with van der Waals surface area (Å²) < 4.78 is 5.32. The molecule has 0 radical (unpaired) electrons. The minimum Gasteiger partial charge on any atom is -0.361 e. The van der Waals surface area contributed by atoms with Crippen molar-refractivity contribution in [3.05, 3.63) is 29.7 Å². The van der Waals surface area contributed by atoms with E-state index in [9.17, 15) is 9.59 Å². The van der Waals surface area contributed by atoms with Crippen LogP contribution in [0.4, 0.5) is 0 Å². The van der Waals surface area contributed by atoms with Crippen molar-refractivity contribution in [3.8, 4) is 0 Å². The van der Waals surface area contributed by atoms with Crippen molar-refractivity contribution in [1.82, 2.24) is 10.1 Å². The molecule has 1 aliphatic heterocycles. The number of allylic oxidation sites excluding steroid dienone is 2. The van der Waals surface area contributed by atoms with Gasteiger partial charge < -0.3 is 4.52 Å². The number of imide groups is 1. The monoisotopic (exact) mass is 288 g/mol. The van der Waals surface area contributed by atoms with Gasteiger partial charge in [-0.3, -0.25) is 14.5 Å². The molecule has 21 heavy (non-hydrogen) atoms. The molecule has 5 nitrogen and oxygen atoms in total. The number of nitrogens with zero attached hydrogens (tertiary/aromatic N) is 2. The first-order valence-electron chi connectivity index (χ1n) is 7.34. The first kappa shape index (κ1) is 14.0. The molecular formula is C16H20N2O3. The maximum atomic E-state index is 12.4. The third kappa shape index (κ3) is 2.41. The van der Waals surface area contributed by atoms with E-state index < -0.39 is 0 Å². The molecule has 0 unspecified atom stereocenters. The predicted octanol–water partition coefficient (Wildman–Crippen LogP) is 2.42. The average molecular weight is 288 g/mol. The van der Waals surface area contributed by atoms with Crippen LogP contribution in [0.25, 0.3) is 0 Å². The number of likely N-dealkylation sites (tertiary alicyclic amines) is 1. The Bertz CT molecular complexity index is 583. The van der Waals surface area contributed by atoms with Crippen LogP contribution in [0.1, 0.15) is 45.1 Å². The highest BCUT2D eigenvalue weighted by Crippen LogP contribution is 2.36. The normalized spacial score (nSPS) is 25.6. The second-order valence-electron chi connectivity index (χ2n) is 6.85. The Hall–Kier alpha value is -1.91. The number of fused-ring (bicyclic) bond motifs is 1. The van der Waals surface area contributed by atoms with E-state index in [0.717, 1.165) is 5.76 Å². The lowest BCUT2D eigenvalue weighted by Gasteiger charge is -2.14. The molecule has 0 saturated carbocycles. The van der Waals surface area contributed by atoms with Crippen LogP contribution in [-0.2, 0) is 21.5 Å². The van der Waals surface area contributed by atoms with Gasteiger partial charge in [-0.2, -0.15) is 0 Å². The zero-order chi connectivity index (χ0) is 15.2. The predicted molar refractivity (Wildman–Crippen MR) is 76.1 cm³/mol. The van der Waals surface area contributed by atoms with E-state index in [2.05, 4.69) is 5.16 Å². The quantitative estimate of drug-likeness (QED) is 0.619. The molecule has 1 fully saturated rings. The van der Waals surface area contributed by atoms with Gasteiger partial charge >= 0.3 is 0 Å². The fourth-order valence-corrected chi connectivity index (χ4v) is 2.93. The second kappa shape index (κ2) is 4.83.